The molecular weight excluding hydrogens is 390 g/mol. The van der Waals surface area contributed by atoms with Crippen molar-refractivity contribution in [2.45, 2.75) is 58.0 Å². The zero-order valence-corrected chi connectivity index (χ0v) is 16.5. The van der Waals surface area contributed by atoms with Crippen molar-refractivity contribution >= 4 is 24.4 Å². The van der Waals surface area contributed by atoms with E-state index in [9.17, 15) is 23.1 Å². The van der Waals surface area contributed by atoms with Gasteiger partial charge in [-0.1, -0.05) is 19.9 Å². The first-order valence-corrected chi connectivity index (χ1v) is 9.52. The maximum atomic E-state index is 14.0. The fourth-order valence-electron chi connectivity index (χ4n) is 4.12. The zero-order valence-electron chi connectivity index (χ0n) is 16.5. The Morgan fingerprint density at radius 2 is 1.79 bits per heavy atom. The molecule has 158 valence electrons. The van der Waals surface area contributed by atoms with Crippen molar-refractivity contribution in [2.24, 2.45) is 5.41 Å². The maximum absolute atomic E-state index is 14.0. The van der Waals surface area contributed by atoms with Crippen LogP contribution in [0.15, 0.2) is 12.1 Å². The van der Waals surface area contributed by atoms with Gasteiger partial charge in [-0.05, 0) is 31.3 Å². The summed E-state index contributed by atoms with van der Waals surface area (Å²) in [4.78, 5) is 13.4. The molecule has 0 aromatic heterocycles. The molecule has 2 aliphatic heterocycles. The minimum atomic E-state index is -4.68. The van der Waals surface area contributed by atoms with Gasteiger partial charge in [-0.15, -0.1) is 0 Å². The maximum Gasteiger partial charge on any atom is 0.493 e. The van der Waals surface area contributed by atoms with Gasteiger partial charge in [0.15, 0.2) is 0 Å². The van der Waals surface area contributed by atoms with Gasteiger partial charge in [-0.25, -0.2) is 4.79 Å². The monoisotopic (exact) mass is 413 g/mol. The molecule has 0 radical (unpaired) electrons. The summed E-state index contributed by atoms with van der Waals surface area (Å²) in [5, 5.41) is 10.0. The highest BCUT2D eigenvalue weighted by Gasteiger charge is 2.49. The Kier molecular flexibility index (Phi) is 4.68. The third-order valence-corrected chi connectivity index (χ3v) is 5.54. The number of fused-ring (bicyclic) bond motifs is 1. The largest absolute Gasteiger partial charge is 0.493 e. The van der Waals surface area contributed by atoms with E-state index in [4.69, 9.17) is 14.0 Å². The molecule has 4 rings (SSSR count). The summed E-state index contributed by atoms with van der Waals surface area (Å²) in [5.74, 6) is 0. The average molecular weight is 413 g/mol. The van der Waals surface area contributed by atoms with Crippen molar-refractivity contribution in [3.63, 3.8) is 0 Å². The highest BCUT2D eigenvalue weighted by atomic mass is 19.4. The van der Waals surface area contributed by atoms with Crippen LogP contribution in [0.4, 0.5) is 23.7 Å². The lowest BCUT2D eigenvalue weighted by atomic mass is 9.73. The molecular formula is C19H23BF3NO5. The molecule has 0 unspecified atom stereocenters. The molecule has 29 heavy (non-hydrogen) atoms. The molecule has 1 aromatic carbocycles. The number of anilines is 1. The van der Waals surface area contributed by atoms with Crippen molar-refractivity contribution in [3.8, 4) is 0 Å². The second-order valence-corrected chi connectivity index (χ2v) is 9.18. The third-order valence-electron chi connectivity index (χ3n) is 5.54. The van der Waals surface area contributed by atoms with Crippen LogP contribution in [-0.4, -0.2) is 43.2 Å². The van der Waals surface area contributed by atoms with Gasteiger partial charge in [-0.3, -0.25) is 4.90 Å². The summed E-state index contributed by atoms with van der Waals surface area (Å²) < 4.78 is 58.4. The first kappa shape index (κ1) is 20.5. The van der Waals surface area contributed by atoms with Gasteiger partial charge in [0.05, 0.1) is 16.9 Å². The normalized spacial score (nSPS) is 29.2. The molecule has 0 spiro atoms. The van der Waals surface area contributed by atoms with Gasteiger partial charge in [0.25, 0.3) is 0 Å². The molecule has 6 nitrogen and oxygen atoms in total. The van der Waals surface area contributed by atoms with Crippen LogP contribution in [-0.2, 0) is 26.8 Å². The average Bonchev–Trinajstić information content (AvgIpc) is 2.58. The summed E-state index contributed by atoms with van der Waals surface area (Å²) >= 11 is 0. The van der Waals surface area contributed by atoms with Crippen LogP contribution < -0.4 is 10.4 Å². The van der Waals surface area contributed by atoms with E-state index in [-0.39, 0.29) is 41.6 Å². The number of carbonyl (C=O) groups is 1. The summed E-state index contributed by atoms with van der Waals surface area (Å²) in [6, 6.07) is 1.99. The van der Waals surface area contributed by atoms with E-state index in [0.29, 0.717) is 13.2 Å². The van der Waals surface area contributed by atoms with Crippen LogP contribution in [0.3, 0.4) is 0 Å². The van der Waals surface area contributed by atoms with E-state index in [1.807, 2.05) is 13.8 Å². The Morgan fingerprint density at radius 3 is 2.34 bits per heavy atom. The summed E-state index contributed by atoms with van der Waals surface area (Å²) in [6.07, 6.45) is -5.14. The molecule has 0 bridgehead atoms. The standard InChI is InChI=1S/C19H23BF3NO5/c1-17(2)9-28-20(29-10-17)12-4-11-8-27-16(25)24(13-6-18(3,26)7-13)15(11)14(5-12)19(21,22)23/h4-5,13,26H,6-10H2,1-3H3. The lowest BCUT2D eigenvalue weighted by molar-refractivity contribution is -0.137. The molecule has 1 amide bonds. The second kappa shape index (κ2) is 6.62. The Balaban J connectivity index is 1.74. The molecule has 10 heteroatoms. The van der Waals surface area contributed by atoms with Crippen molar-refractivity contribution in [3.05, 3.63) is 23.3 Å². The number of amides is 1. The SMILES string of the molecule is CC1(C)COB(c2cc3c(c(C(F)(F)F)c2)N(C2CC(C)(O)C2)C(=O)OC3)OC1. The molecule has 2 heterocycles. The Hall–Kier alpha value is -1.78. The van der Waals surface area contributed by atoms with E-state index >= 15 is 0 Å². The molecule has 1 saturated heterocycles. The first-order chi connectivity index (χ1) is 13.4. The zero-order chi connectivity index (χ0) is 21.2. The van der Waals surface area contributed by atoms with Crippen LogP contribution in [0.2, 0.25) is 0 Å². The lowest BCUT2D eigenvalue weighted by Crippen LogP contribution is -2.57. The molecule has 1 aliphatic carbocycles. The topological polar surface area (TPSA) is 68.2 Å². The number of ether oxygens (including phenoxy) is 1. The van der Waals surface area contributed by atoms with Crippen LogP contribution in [0, 0.1) is 5.41 Å². The molecule has 3 aliphatic rings. The number of rotatable bonds is 2. The number of hydrogen-bond donors (Lipinski definition) is 1. The minimum Gasteiger partial charge on any atom is -0.444 e. The number of benzene rings is 1. The van der Waals surface area contributed by atoms with Crippen molar-refractivity contribution < 1.29 is 37.1 Å². The van der Waals surface area contributed by atoms with E-state index in [1.54, 1.807) is 13.0 Å². The molecule has 1 saturated carbocycles. The molecule has 0 atom stereocenters. The molecule has 1 aromatic rings. The van der Waals surface area contributed by atoms with Crippen LogP contribution in [0.25, 0.3) is 0 Å². The summed E-state index contributed by atoms with van der Waals surface area (Å²) in [6.45, 7) is 5.93. The van der Waals surface area contributed by atoms with Crippen molar-refractivity contribution in [1.82, 2.24) is 0 Å². The Labute approximate surface area is 167 Å². The number of carbonyl (C=O) groups excluding carboxylic acids is 1. The summed E-state index contributed by atoms with van der Waals surface area (Å²) in [5.41, 5.74) is -1.86. The number of aliphatic hydroxyl groups is 1. The Bertz CT molecular complexity index is 824. The van der Waals surface area contributed by atoms with Gasteiger partial charge in [0.2, 0.25) is 0 Å². The van der Waals surface area contributed by atoms with Gasteiger partial charge in [-0.2, -0.15) is 13.2 Å². The smallest absolute Gasteiger partial charge is 0.444 e. The second-order valence-electron chi connectivity index (χ2n) is 9.18. The lowest BCUT2D eigenvalue weighted by Gasteiger charge is -2.48. The third kappa shape index (κ3) is 3.85. The van der Waals surface area contributed by atoms with Crippen molar-refractivity contribution in [1.29, 1.82) is 0 Å². The predicted octanol–water partition coefficient (Wildman–Crippen LogP) is 2.84. The molecule has 2 fully saturated rings. The fourth-order valence-corrected chi connectivity index (χ4v) is 4.12. The van der Waals surface area contributed by atoms with Crippen LogP contribution in [0.1, 0.15) is 44.7 Å². The first-order valence-electron chi connectivity index (χ1n) is 9.52. The number of alkyl halides is 3. The minimum absolute atomic E-state index is 0.185. The number of hydrogen-bond acceptors (Lipinski definition) is 5. The van der Waals surface area contributed by atoms with Crippen molar-refractivity contribution in [2.75, 3.05) is 18.1 Å². The quantitative estimate of drug-likeness (QED) is 0.756. The molecule has 1 N–H and O–H groups in total. The van der Waals surface area contributed by atoms with E-state index in [1.165, 1.54) is 0 Å². The fraction of sp³-hybridized carbons (Fsp3) is 0.632. The Morgan fingerprint density at radius 1 is 1.17 bits per heavy atom. The van der Waals surface area contributed by atoms with Gasteiger partial charge in [0.1, 0.15) is 6.61 Å². The number of nitrogens with zero attached hydrogens (tertiary/aromatic N) is 1. The van der Waals surface area contributed by atoms with Crippen LogP contribution in [0.5, 0.6) is 0 Å². The number of cyclic esters (lactones) is 1. The highest BCUT2D eigenvalue weighted by molar-refractivity contribution is 6.61. The van der Waals surface area contributed by atoms with E-state index in [2.05, 4.69) is 0 Å². The van der Waals surface area contributed by atoms with E-state index in [0.717, 1.165) is 11.0 Å². The highest BCUT2D eigenvalue weighted by Crippen LogP contribution is 2.45. The van der Waals surface area contributed by atoms with E-state index < -0.39 is 36.6 Å². The van der Waals surface area contributed by atoms with Gasteiger partial charge in [0, 0.05) is 30.2 Å². The van der Waals surface area contributed by atoms with Crippen LogP contribution >= 0.6 is 0 Å². The summed E-state index contributed by atoms with van der Waals surface area (Å²) in [7, 11) is -0.912. The van der Waals surface area contributed by atoms with Gasteiger partial charge >= 0.3 is 19.4 Å². The number of halogens is 3. The van der Waals surface area contributed by atoms with Gasteiger partial charge < -0.3 is 19.2 Å². The predicted molar refractivity (Wildman–Crippen MR) is 98.8 cm³/mol.